The molecule has 0 amide bonds. The van der Waals surface area contributed by atoms with Crippen LogP contribution in [0.3, 0.4) is 0 Å². The van der Waals surface area contributed by atoms with E-state index in [1.807, 2.05) is 5.01 Å². The molecule has 0 saturated carbocycles. The fourth-order valence-corrected chi connectivity index (χ4v) is 2.60. The van der Waals surface area contributed by atoms with Crippen LogP contribution in [0.25, 0.3) is 0 Å². The lowest BCUT2D eigenvalue weighted by Crippen LogP contribution is -2.55. The molecule has 2 aliphatic heterocycles. The van der Waals surface area contributed by atoms with E-state index in [1.54, 1.807) is 7.11 Å². The summed E-state index contributed by atoms with van der Waals surface area (Å²) in [6.07, 6.45) is 4.63. The van der Waals surface area contributed by atoms with E-state index in [0.29, 0.717) is 6.10 Å². The van der Waals surface area contributed by atoms with E-state index in [-0.39, 0.29) is 5.60 Å². The Labute approximate surface area is 85.3 Å². The molecule has 1 spiro atoms. The highest BCUT2D eigenvalue weighted by atomic mass is 16.5. The van der Waals surface area contributed by atoms with Gasteiger partial charge in [0.1, 0.15) is 0 Å². The molecule has 4 heteroatoms. The van der Waals surface area contributed by atoms with Crippen LogP contribution < -0.4 is 5.84 Å². The molecule has 2 heterocycles. The van der Waals surface area contributed by atoms with Crippen LogP contribution in [0, 0.1) is 0 Å². The molecule has 4 nitrogen and oxygen atoms in total. The average molecular weight is 200 g/mol. The van der Waals surface area contributed by atoms with Gasteiger partial charge in [-0.25, -0.2) is 5.01 Å². The second-order valence-electron chi connectivity index (χ2n) is 4.46. The molecule has 0 aliphatic carbocycles. The van der Waals surface area contributed by atoms with Gasteiger partial charge < -0.3 is 9.47 Å². The molecule has 0 aromatic rings. The summed E-state index contributed by atoms with van der Waals surface area (Å²) in [7, 11) is 1.78. The smallest absolute Gasteiger partial charge is 0.0847 e. The van der Waals surface area contributed by atoms with Gasteiger partial charge in [0.25, 0.3) is 0 Å². The molecule has 2 aliphatic rings. The van der Waals surface area contributed by atoms with Crippen molar-refractivity contribution >= 4 is 0 Å². The van der Waals surface area contributed by atoms with Crippen LogP contribution in [0.15, 0.2) is 0 Å². The zero-order chi connectivity index (χ0) is 10.0. The number of rotatable bonds is 1. The van der Waals surface area contributed by atoms with Gasteiger partial charge in [0.15, 0.2) is 0 Å². The number of hydrazine groups is 1. The largest absolute Gasteiger partial charge is 0.381 e. The van der Waals surface area contributed by atoms with E-state index in [2.05, 4.69) is 0 Å². The lowest BCUT2D eigenvalue weighted by Gasteiger charge is -2.45. The van der Waals surface area contributed by atoms with Crippen molar-refractivity contribution in [3.63, 3.8) is 0 Å². The molecular weight excluding hydrogens is 180 g/mol. The molecule has 82 valence electrons. The quantitative estimate of drug-likeness (QED) is 0.627. The van der Waals surface area contributed by atoms with Gasteiger partial charge in [-0.2, -0.15) is 0 Å². The highest BCUT2D eigenvalue weighted by Crippen LogP contribution is 2.33. The van der Waals surface area contributed by atoms with Gasteiger partial charge in [-0.1, -0.05) is 0 Å². The van der Waals surface area contributed by atoms with Crippen molar-refractivity contribution in [3.8, 4) is 0 Å². The lowest BCUT2D eigenvalue weighted by atomic mass is 9.85. The summed E-state index contributed by atoms with van der Waals surface area (Å²) in [5.74, 6) is 5.84. The Kier molecular flexibility index (Phi) is 3.07. The molecule has 0 unspecified atom stereocenters. The predicted octanol–water partition coefficient (Wildman–Crippen LogP) is 0.520. The minimum absolute atomic E-state index is 0.0219. The van der Waals surface area contributed by atoms with Crippen molar-refractivity contribution in [2.45, 2.75) is 37.4 Å². The monoisotopic (exact) mass is 200 g/mol. The second kappa shape index (κ2) is 4.14. The molecule has 0 radical (unpaired) electrons. The van der Waals surface area contributed by atoms with Crippen molar-refractivity contribution < 1.29 is 9.47 Å². The number of hydrogen-bond donors (Lipinski definition) is 1. The zero-order valence-electron chi connectivity index (χ0n) is 8.87. The van der Waals surface area contributed by atoms with E-state index in [9.17, 15) is 0 Å². The standard InChI is InChI=1S/C10H20N2O2/c1-13-9-3-6-14-10(7-9)4-2-5-12(11)8-10/h9H,2-8,11H2,1H3/t9-,10-/m0/s1. The minimum atomic E-state index is -0.0219. The summed E-state index contributed by atoms with van der Waals surface area (Å²) in [5, 5.41) is 1.88. The van der Waals surface area contributed by atoms with Gasteiger partial charge in [0.05, 0.1) is 11.7 Å². The summed E-state index contributed by atoms with van der Waals surface area (Å²) in [6.45, 7) is 2.65. The lowest BCUT2D eigenvalue weighted by molar-refractivity contribution is -0.153. The number of methoxy groups -OCH3 is 1. The molecule has 2 saturated heterocycles. The van der Waals surface area contributed by atoms with E-state index in [0.717, 1.165) is 45.4 Å². The summed E-state index contributed by atoms with van der Waals surface area (Å²) in [5.41, 5.74) is -0.0219. The van der Waals surface area contributed by atoms with E-state index < -0.39 is 0 Å². The third kappa shape index (κ3) is 2.08. The van der Waals surface area contributed by atoms with Crippen molar-refractivity contribution in [2.24, 2.45) is 5.84 Å². The summed E-state index contributed by atoms with van der Waals surface area (Å²) in [4.78, 5) is 0. The van der Waals surface area contributed by atoms with Gasteiger partial charge in [-0.05, 0) is 19.3 Å². The van der Waals surface area contributed by atoms with Crippen molar-refractivity contribution in [3.05, 3.63) is 0 Å². The summed E-state index contributed by atoms with van der Waals surface area (Å²) >= 11 is 0. The minimum Gasteiger partial charge on any atom is -0.381 e. The number of ether oxygens (including phenoxy) is 2. The van der Waals surface area contributed by atoms with E-state index in [1.165, 1.54) is 0 Å². The molecule has 0 aromatic heterocycles. The first-order valence-corrected chi connectivity index (χ1v) is 5.40. The molecule has 2 atom stereocenters. The first kappa shape index (κ1) is 10.4. The fraction of sp³-hybridized carbons (Fsp3) is 1.00. The van der Waals surface area contributed by atoms with Crippen molar-refractivity contribution in [2.75, 3.05) is 26.8 Å². The normalized spacial score (nSPS) is 40.3. The Balaban J connectivity index is 1.99. The van der Waals surface area contributed by atoms with E-state index >= 15 is 0 Å². The SMILES string of the molecule is CO[C@H]1CCO[C@@]2(CCCN(N)C2)C1. The van der Waals surface area contributed by atoms with Gasteiger partial charge in [-0.3, -0.25) is 5.84 Å². The third-order valence-electron chi connectivity index (χ3n) is 3.35. The maximum Gasteiger partial charge on any atom is 0.0847 e. The molecule has 0 aromatic carbocycles. The number of nitrogens with zero attached hydrogens (tertiary/aromatic N) is 1. The van der Waals surface area contributed by atoms with Crippen LogP contribution in [0.5, 0.6) is 0 Å². The number of piperidine rings is 1. The number of nitrogens with two attached hydrogens (primary N) is 1. The van der Waals surface area contributed by atoms with E-state index in [4.69, 9.17) is 15.3 Å². The summed E-state index contributed by atoms with van der Waals surface area (Å²) < 4.78 is 11.3. The highest BCUT2D eigenvalue weighted by Gasteiger charge is 2.40. The molecule has 2 rings (SSSR count). The first-order valence-electron chi connectivity index (χ1n) is 5.40. The third-order valence-corrected chi connectivity index (χ3v) is 3.35. The Morgan fingerprint density at radius 2 is 2.43 bits per heavy atom. The van der Waals surface area contributed by atoms with Crippen LogP contribution in [-0.4, -0.2) is 43.5 Å². The van der Waals surface area contributed by atoms with Gasteiger partial charge in [-0.15, -0.1) is 0 Å². The van der Waals surface area contributed by atoms with Crippen LogP contribution >= 0.6 is 0 Å². The first-order chi connectivity index (χ1) is 6.74. The number of hydrogen-bond acceptors (Lipinski definition) is 4. The van der Waals surface area contributed by atoms with Crippen molar-refractivity contribution in [1.82, 2.24) is 5.01 Å². The van der Waals surface area contributed by atoms with Gasteiger partial charge in [0, 0.05) is 33.2 Å². The van der Waals surface area contributed by atoms with Gasteiger partial charge in [0.2, 0.25) is 0 Å². The molecule has 14 heavy (non-hydrogen) atoms. The topological polar surface area (TPSA) is 47.7 Å². The predicted molar refractivity (Wildman–Crippen MR) is 53.7 cm³/mol. The summed E-state index contributed by atoms with van der Waals surface area (Å²) in [6, 6.07) is 0. The van der Waals surface area contributed by atoms with Crippen LogP contribution in [-0.2, 0) is 9.47 Å². The maximum absolute atomic E-state index is 5.91. The maximum atomic E-state index is 5.91. The highest BCUT2D eigenvalue weighted by molar-refractivity contribution is 4.92. The Bertz CT molecular complexity index is 197. The Morgan fingerprint density at radius 1 is 1.57 bits per heavy atom. The second-order valence-corrected chi connectivity index (χ2v) is 4.46. The van der Waals surface area contributed by atoms with Crippen LogP contribution in [0.4, 0.5) is 0 Å². The van der Waals surface area contributed by atoms with Crippen LogP contribution in [0.1, 0.15) is 25.7 Å². The van der Waals surface area contributed by atoms with Gasteiger partial charge >= 0.3 is 0 Å². The zero-order valence-corrected chi connectivity index (χ0v) is 8.87. The van der Waals surface area contributed by atoms with Crippen molar-refractivity contribution in [1.29, 1.82) is 0 Å². The average Bonchev–Trinajstić information content (AvgIpc) is 2.17. The molecule has 2 N–H and O–H groups in total. The Hall–Kier alpha value is -0.160. The molecular formula is C10H20N2O2. The fourth-order valence-electron chi connectivity index (χ4n) is 2.60. The molecule has 0 bridgehead atoms. The van der Waals surface area contributed by atoms with Crippen LogP contribution in [0.2, 0.25) is 0 Å². The Morgan fingerprint density at radius 3 is 3.14 bits per heavy atom. The molecule has 2 fully saturated rings.